The van der Waals surface area contributed by atoms with Gasteiger partial charge >= 0.3 is 12.3 Å². The zero-order chi connectivity index (χ0) is 20.2. The van der Waals surface area contributed by atoms with Crippen molar-refractivity contribution in [2.24, 2.45) is 0 Å². The molecule has 2 unspecified atom stereocenters. The van der Waals surface area contributed by atoms with Gasteiger partial charge in [-0.2, -0.15) is 5.26 Å². The van der Waals surface area contributed by atoms with Crippen LogP contribution in [0.25, 0.3) is 0 Å². The topological polar surface area (TPSA) is 50.1 Å². The summed E-state index contributed by atoms with van der Waals surface area (Å²) in [6.45, 7) is 0. The lowest BCUT2D eigenvalue weighted by Gasteiger charge is -2.23. The third-order valence-corrected chi connectivity index (χ3v) is 3.98. The lowest BCUT2D eigenvalue weighted by atomic mass is 9.80. The molecule has 0 aliphatic carbocycles. The number of halogens is 6. The van der Waals surface area contributed by atoms with Crippen LogP contribution >= 0.6 is 11.6 Å². The van der Waals surface area contributed by atoms with E-state index in [1.807, 2.05) is 6.07 Å². The van der Waals surface area contributed by atoms with Crippen molar-refractivity contribution in [3.63, 3.8) is 0 Å². The van der Waals surface area contributed by atoms with Gasteiger partial charge in [-0.3, -0.25) is 4.79 Å². The second-order valence-electron chi connectivity index (χ2n) is 5.55. The summed E-state index contributed by atoms with van der Waals surface area (Å²) in [5, 5.41) is 9.58. The van der Waals surface area contributed by atoms with E-state index in [1.165, 1.54) is 18.2 Å². The molecule has 0 bridgehead atoms. The van der Waals surface area contributed by atoms with Crippen LogP contribution in [0.5, 0.6) is 0 Å². The molecular weight excluding hydrogens is 393 g/mol. The van der Waals surface area contributed by atoms with E-state index >= 15 is 0 Å². The summed E-state index contributed by atoms with van der Waals surface area (Å²) in [5.74, 6) is -5.73. The Kier molecular flexibility index (Phi) is 6.39. The third-order valence-electron chi connectivity index (χ3n) is 3.74. The van der Waals surface area contributed by atoms with Crippen LogP contribution in [0.3, 0.4) is 0 Å². The van der Waals surface area contributed by atoms with E-state index in [4.69, 9.17) is 11.6 Å². The SMILES string of the molecule is N#CC(c1ccc(F)cc1)C(CC(=O)OC(F)(F)F)c1cc(Cl)ccc1F. The van der Waals surface area contributed by atoms with Gasteiger partial charge in [0.2, 0.25) is 0 Å². The van der Waals surface area contributed by atoms with E-state index in [0.29, 0.717) is 0 Å². The van der Waals surface area contributed by atoms with Gasteiger partial charge < -0.3 is 4.74 Å². The molecule has 2 atom stereocenters. The van der Waals surface area contributed by atoms with Gasteiger partial charge in [0.05, 0.1) is 18.4 Å². The molecule has 0 amide bonds. The number of carbonyl (C=O) groups is 1. The molecule has 0 aliphatic rings. The summed E-state index contributed by atoms with van der Waals surface area (Å²) in [5.41, 5.74) is -0.0272. The lowest BCUT2D eigenvalue weighted by Crippen LogP contribution is -2.23. The molecule has 0 saturated carbocycles. The normalized spacial score (nSPS) is 13.5. The van der Waals surface area contributed by atoms with E-state index in [1.54, 1.807) is 0 Å². The van der Waals surface area contributed by atoms with Crippen molar-refractivity contribution in [1.82, 2.24) is 0 Å². The second kappa shape index (κ2) is 8.35. The summed E-state index contributed by atoms with van der Waals surface area (Å²) in [6, 6.07) is 9.68. The van der Waals surface area contributed by atoms with Crippen molar-refractivity contribution < 1.29 is 31.5 Å². The van der Waals surface area contributed by atoms with Crippen molar-refractivity contribution in [3.8, 4) is 6.07 Å². The summed E-state index contributed by atoms with van der Waals surface area (Å²) in [4.78, 5) is 11.7. The highest BCUT2D eigenvalue weighted by atomic mass is 35.5. The Morgan fingerprint density at radius 1 is 1.15 bits per heavy atom. The van der Waals surface area contributed by atoms with Crippen LogP contribution in [0, 0.1) is 23.0 Å². The van der Waals surface area contributed by atoms with Crippen molar-refractivity contribution in [2.45, 2.75) is 24.6 Å². The number of rotatable bonds is 5. The Morgan fingerprint density at radius 2 is 1.78 bits per heavy atom. The van der Waals surface area contributed by atoms with Crippen LogP contribution in [-0.4, -0.2) is 12.3 Å². The summed E-state index contributed by atoms with van der Waals surface area (Å²) >= 11 is 5.82. The Balaban J connectivity index is 2.47. The van der Waals surface area contributed by atoms with Crippen molar-refractivity contribution >= 4 is 17.6 Å². The van der Waals surface area contributed by atoms with Gasteiger partial charge in [0.25, 0.3) is 0 Å². The van der Waals surface area contributed by atoms with Crippen molar-refractivity contribution in [3.05, 3.63) is 70.2 Å². The Labute approximate surface area is 155 Å². The molecule has 0 saturated heterocycles. The second-order valence-corrected chi connectivity index (χ2v) is 5.99. The maximum atomic E-state index is 14.3. The van der Waals surface area contributed by atoms with Crippen LogP contribution < -0.4 is 0 Å². The standard InChI is InChI=1S/C18H11ClF5NO2/c19-11-3-6-16(21)14(7-11)13(8-17(26)27-18(22,23)24)15(9-25)10-1-4-12(20)5-2-10/h1-7,13,15H,8H2. The lowest BCUT2D eigenvalue weighted by molar-refractivity contribution is -0.306. The summed E-state index contributed by atoms with van der Waals surface area (Å²) in [6.07, 6.45) is -6.15. The molecule has 0 spiro atoms. The van der Waals surface area contributed by atoms with Gasteiger partial charge in [0.1, 0.15) is 11.6 Å². The first-order chi connectivity index (χ1) is 12.6. The Hall–Kier alpha value is -2.66. The predicted octanol–water partition coefficient (Wildman–Crippen LogP) is 5.46. The van der Waals surface area contributed by atoms with Crippen LogP contribution in [0.1, 0.15) is 29.4 Å². The molecular formula is C18H11ClF5NO2. The van der Waals surface area contributed by atoms with E-state index in [0.717, 1.165) is 24.3 Å². The number of carbonyl (C=O) groups excluding carboxylic acids is 1. The molecule has 3 nitrogen and oxygen atoms in total. The average molecular weight is 404 g/mol. The van der Waals surface area contributed by atoms with E-state index in [-0.39, 0.29) is 16.1 Å². The number of esters is 1. The van der Waals surface area contributed by atoms with Gasteiger partial charge in [0.15, 0.2) is 0 Å². The molecule has 0 fully saturated rings. The molecule has 27 heavy (non-hydrogen) atoms. The van der Waals surface area contributed by atoms with Gasteiger partial charge in [-0.05, 0) is 41.5 Å². The van der Waals surface area contributed by atoms with E-state index in [9.17, 15) is 32.0 Å². The molecule has 0 heterocycles. The number of hydrogen-bond acceptors (Lipinski definition) is 3. The van der Waals surface area contributed by atoms with Gasteiger partial charge in [-0.15, -0.1) is 13.2 Å². The highest BCUT2D eigenvalue weighted by Crippen LogP contribution is 2.38. The average Bonchev–Trinajstić information content (AvgIpc) is 2.57. The number of benzene rings is 2. The van der Waals surface area contributed by atoms with Gasteiger partial charge in [-0.1, -0.05) is 23.7 Å². The molecule has 2 aromatic rings. The molecule has 2 rings (SSSR count). The molecule has 0 aromatic heterocycles. The summed E-state index contributed by atoms with van der Waals surface area (Å²) < 4.78 is 67.7. The van der Waals surface area contributed by atoms with Crippen molar-refractivity contribution in [2.75, 3.05) is 0 Å². The fraction of sp³-hybridized carbons (Fsp3) is 0.222. The van der Waals surface area contributed by atoms with Crippen LogP contribution in [0.4, 0.5) is 22.0 Å². The molecule has 0 aliphatic heterocycles. The molecule has 0 N–H and O–H groups in total. The molecule has 142 valence electrons. The van der Waals surface area contributed by atoms with Gasteiger partial charge in [0, 0.05) is 10.9 Å². The zero-order valence-corrected chi connectivity index (χ0v) is 14.2. The number of hydrogen-bond donors (Lipinski definition) is 0. The maximum absolute atomic E-state index is 14.3. The van der Waals surface area contributed by atoms with Crippen LogP contribution in [-0.2, 0) is 9.53 Å². The first-order valence-electron chi connectivity index (χ1n) is 7.49. The minimum Gasteiger partial charge on any atom is -0.373 e. The van der Waals surface area contributed by atoms with E-state index in [2.05, 4.69) is 4.74 Å². The smallest absolute Gasteiger partial charge is 0.373 e. The molecule has 9 heteroatoms. The largest absolute Gasteiger partial charge is 0.575 e. The first-order valence-corrected chi connectivity index (χ1v) is 7.87. The summed E-state index contributed by atoms with van der Waals surface area (Å²) in [7, 11) is 0. The maximum Gasteiger partial charge on any atom is 0.575 e. The molecule has 2 aromatic carbocycles. The third kappa shape index (κ3) is 5.66. The van der Waals surface area contributed by atoms with Crippen molar-refractivity contribution in [1.29, 1.82) is 5.26 Å². The van der Waals surface area contributed by atoms with Crippen LogP contribution in [0.15, 0.2) is 42.5 Å². The number of alkyl halides is 3. The molecule has 0 radical (unpaired) electrons. The predicted molar refractivity (Wildman–Crippen MR) is 85.7 cm³/mol. The first kappa shape index (κ1) is 20.6. The van der Waals surface area contributed by atoms with E-state index < -0.39 is 42.2 Å². The van der Waals surface area contributed by atoms with Crippen LogP contribution in [0.2, 0.25) is 5.02 Å². The van der Waals surface area contributed by atoms with Gasteiger partial charge in [-0.25, -0.2) is 8.78 Å². The monoisotopic (exact) mass is 403 g/mol. The fourth-order valence-corrected chi connectivity index (χ4v) is 2.80. The number of nitriles is 1. The fourth-order valence-electron chi connectivity index (χ4n) is 2.62. The minimum absolute atomic E-state index is 0.0661. The number of nitrogens with zero attached hydrogens (tertiary/aromatic N) is 1. The minimum atomic E-state index is -5.22. The Bertz CT molecular complexity index is 862. The number of ether oxygens (including phenoxy) is 1. The quantitative estimate of drug-likeness (QED) is 0.492. The zero-order valence-electron chi connectivity index (χ0n) is 13.4. The highest BCUT2D eigenvalue weighted by Gasteiger charge is 2.37. The highest BCUT2D eigenvalue weighted by molar-refractivity contribution is 6.30. The Morgan fingerprint density at radius 3 is 2.33 bits per heavy atom.